The first kappa shape index (κ1) is 14.4. The minimum Gasteiger partial charge on any atom is -0.342 e. The fourth-order valence-corrected chi connectivity index (χ4v) is 2.19. The van der Waals surface area contributed by atoms with E-state index >= 15 is 0 Å². The molecule has 0 saturated carbocycles. The molecule has 1 aliphatic rings. The van der Waals surface area contributed by atoms with Gasteiger partial charge in [0.1, 0.15) is 23.7 Å². The molecule has 2 N–H and O–H groups in total. The Morgan fingerprint density at radius 1 is 1.20 bits per heavy atom. The number of hydrogen-bond donors (Lipinski definition) is 2. The summed E-state index contributed by atoms with van der Waals surface area (Å²) >= 11 is 0. The van der Waals surface area contributed by atoms with Gasteiger partial charge >= 0.3 is 0 Å². The predicted molar refractivity (Wildman–Crippen MR) is 68.6 cm³/mol. The maximum atomic E-state index is 13.7. The van der Waals surface area contributed by atoms with Crippen LogP contribution in [0, 0.1) is 17.6 Å². The van der Waals surface area contributed by atoms with E-state index in [9.17, 15) is 18.4 Å². The molecule has 2 rings (SSSR count). The van der Waals surface area contributed by atoms with E-state index in [-0.39, 0.29) is 17.4 Å². The highest BCUT2D eigenvalue weighted by atomic mass is 19.1. The Kier molecular flexibility index (Phi) is 4.01. The number of carbonyl (C=O) groups excluding carboxylic acids is 2. The largest absolute Gasteiger partial charge is 0.342 e. The summed E-state index contributed by atoms with van der Waals surface area (Å²) in [7, 11) is 0. The minimum absolute atomic E-state index is 0.0303. The van der Waals surface area contributed by atoms with Crippen molar-refractivity contribution in [2.24, 2.45) is 5.92 Å². The van der Waals surface area contributed by atoms with E-state index in [2.05, 4.69) is 10.6 Å². The van der Waals surface area contributed by atoms with Crippen LogP contribution in [-0.2, 0) is 9.59 Å². The SMILES string of the molecule is CC[C@H](C)[C@@H]1NC(=O)C(c2cc(F)ccc2F)NC1=O. The summed E-state index contributed by atoms with van der Waals surface area (Å²) in [5, 5.41) is 5.03. The van der Waals surface area contributed by atoms with Crippen molar-refractivity contribution >= 4 is 11.8 Å². The molecule has 1 fully saturated rings. The molecule has 1 aromatic rings. The maximum absolute atomic E-state index is 13.7. The summed E-state index contributed by atoms with van der Waals surface area (Å²) in [5.41, 5.74) is -0.168. The second-order valence-corrected chi connectivity index (χ2v) is 4.98. The summed E-state index contributed by atoms with van der Waals surface area (Å²) in [6.07, 6.45) is 0.720. The van der Waals surface area contributed by atoms with Gasteiger partial charge in [-0.1, -0.05) is 20.3 Å². The summed E-state index contributed by atoms with van der Waals surface area (Å²) in [6.45, 7) is 3.75. The number of halogens is 2. The van der Waals surface area contributed by atoms with Crippen LogP contribution in [0.3, 0.4) is 0 Å². The van der Waals surface area contributed by atoms with Gasteiger partial charge in [0.15, 0.2) is 0 Å². The van der Waals surface area contributed by atoms with Crippen molar-refractivity contribution in [2.75, 3.05) is 0 Å². The Labute approximate surface area is 115 Å². The number of benzene rings is 1. The molecule has 0 aliphatic carbocycles. The molecule has 4 nitrogen and oxygen atoms in total. The lowest BCUT2D eigenvalue weighted by Gasteiger charge is -2.32. The number of nitrogens with one attached hydrogen (secondary N) is 2. The van der Waals surface area contributed by atoms with Crippen molar-refractivity contribution in [3.8, 4) is 0 Å². The summed E-state index contributed by atoms with van der Waals surface area (Å²) < 4.78 is 26.9. The monoisotopic (exact) mass is 282 g/mol. The second-order valence-electron chi connectivity index (χ2n) is 4.98. The Morgan fingerprint density at radius 3 is 2.55 bits per heavy atom. The molecule has 3 atom stereocenters. The summed E-state index contributed by atoms with van der Waals surface area (Å²) in [6, 6.07) is 0.983. The zero-order valence-electron chi connectivity index (χ0n) is 11.2. The van der Waals surface area contributed by atoms with Crippen LogP contribution in [0.1, 0.15) is 31.9 Å². The number of carbonyl (C=O) groups is 2. The van der Waals surface area contributed by atoms with Gasteiger partial charge in [-0.3, -0.25) is 9.59 Å². The highest BCUT2D eigenvalue weighted by Crippen LogP contribution is 2.23. The first-order chi connectivity index (χ1) is 9.43. The van der Waals surface area contributed by atoms with Crippen LogP contribution in [0.4, 0.5) is 8.78 Å². The number of hydrogen-bond acceptors (Lipinski definition) is 2. The molecule has 1 heterocycles. The smallest absolute Gasteiger partial charge is 0.248 e. The van der Waals surface area contributed by atoms with Crippen LogP contribution in [-0.4, -0.2) is 17.9 Å². The first-order valence-corrected chi connectivity index (χ1v) is 6.49. The van der Waals surface area contributed by atoms with Gasteiger partial charge in [-0.25, -0.2) is 8.78 Å². The fourth-order valence-electron chi connectivity index (χ4n) is 2.19. The number of rotatable bonds is 3. The van der Waals surface area contributed by atoms with E-state index < -0.39 is 29.6 Å². The van der Waals surface area contributed by atoms with Gasteiger partial charge in [0.2, 0.25) is 11.8 Å². The van der Waals surface area contributed by atoms with Crippen molar-refractivity contribution in [1.82, 2.24) is 10.6 Å². The van der Waals surface area contributed by atoms with Crippen LogP contribution in [0.15, 0.2) is 18.2 Å². The third kappa shape index (κ3) is 2.64. The Bertz CT molecular complexity index is 548. The van der Waals surface area contributed by atoms with E-state index in [0.717, 1.165) is 24.6 Å². The predicted octanol–water partition coefficient (Wildman–Crippen LogP) is 1.67. The standard InChI is InChI=1S/C14H16F2N2O2/c1-3-7(2)11-13(19)18-12(14(20)17-11)9-6-8(15)4-5-10(9)16/h4-7,11-12H,3H2,1-2H3,(H,17,20)(H,18,19)/t7-,11-,12?/m0/s1. The van der Waals surface area contributed by atoms with E-state index in [0.29, 0.717) is 0 Å². The van der Waals surface area contributed by atoms with Crippen LogP contribution in [0.2, 0.25) is 0 Å². The lowest BCUT2D eigenvalue weighted by Crippen LogP contribution is -2.59. The molecule has 1 aliphatic heterocycles. The molecule has 6 heteroatoms. The summed E-state index contributed by atoms with van der Waals surface area (Å²) in [5.74, 6) is -2.33. The van der Waals surface area contributed by atoms with Crippen molar-refractivity contribution in [2.45, 2.75) is 32.4 Å². The number of piperazine rings is 1. The molecule has 0 spiro atoms. The van der Waals surface area contributed by atoms with E-state index in [4.69, 9.17) is 0 Å². The van der Waals surface area contributed by atoms with Crippen LogP contribution >= 0.6 is 0 Å². The van der Waals surface area contributed by atoms with Gasteiger partial charge in [-0.15, -0.1) is 0 Å². The lowest BCUT2D eigenvalue weighted by atomic mass is 9.93. The average Bonchev–Trinajstić information content (AvgIpc) is 2.43. The highest BCUT2D eigenvalue weighted by Gasteiger charge is 2.37. The van der Waals surface area contributed by atoms with Crippen LogP contribution in [0.5, 0.6) is 0 Å². The molecule has 0 radical (unpaired) electrons. The first-order valence-electron chi connectivity index (χ1n) is 6.49. The van der Waals surface area contributed by atoms with Crippen molar-refractivity contribution in [1.29, 1.82) is 0 Å². The van der Waals surface area contributed by atoms with Gasteiger partial charge in [0.05, 0.1) is 0 Å². The van der Waals surface area contributed by atoms with Crippen molar-refractivity contribution in [3.05, 3.63) is 35.4 Å². The zero-order valence-corrected chi connectivity index (χ0v) is 11.2. The molecular weight excluding hydrogens is 266 g/mol. The third-order valence-electron chi connectivity index (χ3n) is 3.61. The normalized spacial score (nSPS) is 24.0. The summed E-state index contributed by atoms with van der Waals surface area (Å²) in [4.78, 5) is 24.0. The van der Waals surface area contributed by atoms with Crippen molar-refractivity contribution < 1.29 is 18.4 Å². The second kappa shape index (κ2) is 5.56. The maximum Gasteiger partial charge on any atom is 0.248 e. The molecule has 2 amide bonds. The van der Waals surface area contributed by atoms with Crippen LogP contribution < -0.4 is 10.6 Å². The Hall–Kier alpha value is -1.98. The molecule has 1 aromatic carbocycles. The van der Waals surface area contributed by atoms with Gasteiger partial charge < -0.3 is 10.6 Å². The average molecular weight is 282 g/mol. The Morgan fingerprint density at radius 2 is 1.90 bits per heavy atom. The topological polar surface area (TPSA) is 58.2 Å². The molecule has 1 saturated heterocycles. The molecule has 0 bridgehead atoms. The quantitative estimate of drug-likeness (QED) is 0.886. The minimum atomic E-state index is -1.20. The molecule has 1 unspecified atom stereocenters. The molecule has 108 valence electrons. The molecular formula is C14H16F2N2O2. The Balaban J connectivity index is 2.26. The van der Waals surface area contributed by atoms with Gasteiger partial charge in [-0.05, 0) is 24.1 Å². The van der Waals surface area contributed by atoms with E-state index in [1.165, 1.54) is 0 Å². The van der Waals surface area contributed by atoms with E-state index in [1.54, 1.807) is 0 Å². The third-order valence-corrected chi connectivity index (χ3v) is 3.61. The highest BCUT2D eigenvalue weighted by molar-refractivity contribution is 5.97. The number of amides is 2. The molecule has 20 heavy (non-hydrogen) atoms. The fraction of sp³-hybridized carbons (Fsp3) is 0.429. The van der Waals surface area contributed by atoms with Crippen LogP contribution in [0.25, 0.3) is 0 Å². The zero-order chi connectivity index (χ0) is 14.9. The lowest BCUT2D eigenvalue weighted by molar-refractivity contribution is -0.138. The van der Waals surface area contributed by atoms with Crippen molar-refractivity contribution in [3.63, 3.8) is 0 Å². The van der Waals surface area contributed by atoms with E-state index in [1.807, 2.05) is 13.8 Å². The van der Waals surface area contributed by atoms with Gasteiger partial charge in [0.25, 0.3) is 0 Å². The van der Waals surface area contributed by atoms with Gasteiger partial charge in [-0.2, -0.15) is 0 Å². The molecule has 0 aromatic heterocycles. The van der Waals surface area contributed by atoms with Gasteiger partial charge in [0, 0.05) is 5.56 Å².